The van der Waals surface area contributed by atoms with Crippen LogP contribution in [-0.4, -0.2) is 40.7 Å². The molecule has 0 saturated heterocycles. The van der Waals surface area contributed by atoms with E-state index in [1.165, 1.54) is 0 Å². The van der Waals surface area contributed by atoms with Gasteiger partial charge in [0.2, 0.25) is 5.91 Å². The molecular weight excluding hydrogens is 404 g/mol. The maximum Gasteiger partial charge on any atom is 0.260 e. The number of nitrogens with zero attached hydrogens (tertiary/aromatic N) is 3. The Balaban J connectivity index is 1.33. The second-order valence-corrected chi connectivity index (χ2v) is 7.86. The van der Waals surface area contributed by atoms with Crippen LogP contribution in [0.5, 0.6) is 0 Å². The lowest BCUT2D eigenvalue weighted by Gasteiger charge is -2.40. The molecule has 1 atom stereocenters. The van der Waals surface area contributed by atoms with E-state index < -0.39 is 6.17 Å². The molecule has 0 saturated carbocycles. The molecule has 2 aliphatic rings. The summed E-state index contributed by atoms with van der Waals surface area (Å²) in [4.78, 5) is 46.3. The molecule has 7 nitrogen and oxygen atoms in total. The van der Waals surface area contributed by atoms with Crippen LogP contribution in [-0.2, 0) is 11.2 Å². The van der Waals surface area contributed by atoms with E-state index in [2.05, 4.69) is 10.3 Å². The molecule has 3 heterocycles. The Morgan fingerprint density at radius 2 is 1.62 bits per heavy atom. The van der Waals surface area contributed by atoms with Gasteiger partial charge in [0.1, 0.15) is 6.17 Å². The molecule has 2 aliphatic heterocycles. The summed E-state index contributed by atoms with van der Waals surface area (Å²) in [6, 6.07) is 18.3. The Morgan fingerprint density at radius 3 is 2.44 bits per heavy atom. The first-order valence-electron chi connectivity index (χ1n) is 10.6. The van der Waals surface area contributed by atoms with Crippen LogP contribution >= 0.6 is 0 Å². The van der Waals surface area contributed by atoms with Crippen LogP contribution in [0.15, 0.2) is 73.1 Å². The second-order valence-electron chi connectivity index (χ2n) is 7.86. The number of aromatic nitrogens is 1. The van der Waals surface area contributed by atoms with Crippen molar-refractivity contribution in [2.75, 3.05) is 18.0 Å². The maximum absolute atomic E-state index is 13.3. The van der Waals surface area contributed by atoms with E-state index in [4.69, 9.17) is 0 Å². The van der Waals surface area contributed by atoms with E-state index in [-0.39, 0.29) is 30.7 Å². The average molecular weight is 426 g/mol. The van der Waals surface area contributed by atoms with Crippen LogP contribution in [0, 0.1) is 0 Å². The van der Waals surface area contributed by atoms with Crippen molar-refractivity contribution in [2.45, 2.75) is 19.0 Å². The number of carbonyl (C=O) groups is 3. The fourth-order valence-corrected chi connectivity index (χ4v) is 4.41. The zero-order valence-electron chi connectivity index (χ0n) is 17.4. The quantitative estimate of drug-likeness (QED) is 0.657. The highest BCUT2D eigenvalue weighted by molar-refractivity contribution is 6.16. The van der Waals surface area contributed by atoms with E-state index in [9.17, 15) is 14.4 Å². The van der Waals surface area contributed by atoms with Gasteiger partial charge in [-0.2, -0.15) is 0 Å². The van der Waals surface area contributed by atoms with Crippen molar-refractivity contribution in [3.8, 4) is 0 Å². The maximum atomic E-state index is 13.3. The first-order valence-corrected chi connectivity index (χ1v) is 10.6. The van der Waals surface area contributed by atoms with Crippen LogP contribution < -0.4 is 10.2 Å². The van der Waals surface area contributed by atoms with Crippen LogP contribution in [0.25, 0.3) is 0 Å². The van der Waals surface area contributed by atoms with Crippen LogP contribution in [0.2, 0.25) is 0 Å². The van der Waals surface area contributed by atoms with Gasteiger partial charge in [-0.1, -0.05) is 30.3 Å². The van der Waals surface area contributed by atoms with Gasteiger partial charge in [0.15, 0.2) is 0 Å². The number of anilines is 1. The minimum atomic E-state index is -0.536. The summed E-state index contributed by atoms with van der Waals surface area (Å²) in [6.07, 6.45) is 3.78. The standard InChI is InChI=1S/C25H22N4O3/c30-22(27-15-11-17-9-13-26-14-10-17)12-16-28-23-18-5-1-2-6-19(18)25(32)29(23)21-8-4-3-7-20(21)24(28)31/h1-10,13-14,23H,11-12,15-16H2,(H,27,30)/t23-/m1/s1. The third-order valence-corrected chi connectivity index (χ3v) is 5.95. The predicted octanol–water partition coefficient (Wildman–Crippen LogP) is 2.95. The fourth-order valence-electron chi connectivity index (χ4n) is 4.41. The molecule has 7 heteroatoms. The highest BCUT2D eigenvalue weighted by atomic mass is 16.2. The van der Waals surface area contributed by atoms with Gasteiger partial charge in [-0.15, -0.1) is 0 Å². The Bertz CT molecular complexity index is 1190. The molecule has 3 amide bonds. The summed E-state index contributed by atoms with van der Waals surface area (Å²) >= 11 is 0. The van der Waals surface area contributed by atoms with Gasteiger partial charge in [-0.25, -0.2) is 0 Å². The van der Waals surface area contributed by atoms with Crippen molar-refractivity contribution in [1.29, 1.82) is 0 Å². The summed E-state index contributed by atoms with van der Waals surface area (Å²) in [5, 5.41) is 2.91. The van der Waals surface area contributed by atoms with Crippen molar-refractivity contribution in [2.24, 2.45) is 0 Å². The molecule has 2 aromatic carbocycles. The third kappa shape index (κ3) is 3.41. The Labute approximate surface area is 185 Å². The summed E-state index contributed by atoms with van der Waals surface area (Å²) < 4.78 is 0. The lowest BCUT2D eigenvalue weighted by molar-refractivity contribution is -0.121. The number of nitrogens with one attached hydrogen (secondary N) is 1. The third-order valence-electron chi connectivity index (χ3n) is 5.95. The molecule has 3 aromatic rings. The smallest absolute Gasteiger partial charge is 0.260 e. The van der Waals surface area contributed by atoms with E-state index in [0.29, 0.717) is 29.8 Å². The number of pyridine rings is 1. The normalized spacial score (nSPS) is 16.4. The monoisotopic (exact) mass is 426 g/mol. The zero-order valence-corrected chi connectivity index (χ0v) is 17.4. The van der Waals surface area contributed by atoms with Crippen molar-refractivity contribution in [3.63, 3.8) is 0 Å². The number of rotatable bonds is 6. The lowest BCUT2D eigenvalue weighted by atomic mass is 10.0. The van der Waals surface area contributed by atoms with Crippen molar-refractivity contribution in [3.05, 3.63) is 95.3 Å². The number of fused-ring (bicyclic) bond motifs is 5. The molecule has 32 heavy (non-hydrogen) atoms. The molecule has 0 fully saturated rings. The molecule has 5 rings (SSSR count). The van der Waals surface area contributed by atoms with Crippen LogP contribution in [0.4, 0.5) is 5.69 Å². The van der Waals surface area contributed by atoms with E-state index in [0.717, 1.165) is 11.1 Å². The summed E-state index contributed by atoms with van der Waals surface area (Å²) in [7, 11) is 0. The lowest BCUT2D eigenvalue weighted by Crippen LogP contribution is -2.49. The number of para-hydroxylation sites is 1. The second kappa shape index (κ2) is 8.26. The minimum absolute atomic E-state index is 0.127. The van der Waals surface area contributed by atoms with Gasteiger partial charge in [0.25, 0.3) is 11.8 Å². The van der Waals surface area contributed by atoms with Crippen molar-refractivity contribution >= 4 is 23.4 Å². The van der Waals surface area contributed by atoms with E-state index in [1.54, 1.807) is 46.5 Å². The highest BCUT2D eigenvalue weighted by Gasteiger charge is 2.47. The van der Waals surface area contributed by atoms with Crippen molar-refractivity contribution < 1.29 is 14.4 Å². The largest absolute Gasteiger partial charge is 0.356 e. The summed E-state index contributed by atoms with van der Waals surface area (Å²) in [5.74, 6) is -0.428. The highest BCUT2D eigenvalue weighted by Crippen LogP contribution is 2.45. The molecule has 0 unspecified atom stereocenters. The molecule has 160 valence electrons. The number of amides is 3. The fraction of sp³-hybridized carbons (Fsp3) is 0.200. The van der Waals surface area contributed by atoms with Gasteiger partial charge >= 0.3 is 0 Å². The molecular formula is C25H22N4O3. The first kappa shape index (κ1) is 19.9. The predicted molar refractivity (Wildman–Crippen MR) is 119 cm³/mol. The number of benzene rings is 2. The molecule has 1 N–H and O–H groups in total. The van der Waals surface area contributed by atoms with E-state index >= 15 is 0 Å². The minimum Gasteiger partial charge on any atom is -0.356 e. The topological polar surface area (TPSA) is 82.6 Å². The molecule has 0 radical (unpaired) electrons. The van der Waals surface area contributed by atoms with Gasteiger partial charge < -0.3 is 10.2 Å². The van der Waals surface area contributed by atoms with Crippen LogP contribution in [0.3, 0.4) is 0 Å². The summed E-state index contributed by atoms with van der Waals surface area (Å²) in [6.45, 7) is 0.730. The zero-order chi connectivity index (χ0) is 22.1. The van der Waals surface area contributed by atoms with Gasteiger partial charge in [0, 0.05) is 43.0 Å². The number of hydrogen-bond donors (Lipinski definition) is 1. The molecule has 0 bridgehead atoms. The molecule has 0 spiro atoms. The Hall–Kier alpha value is -4.00. The van der Waals surface area contributed by atoms with Gasteiger partial charge in [-0.05, 0) is 42.3 Å². The average Bonchev–Trinajstić information content (AvgIpc) is 3.12. The number of carbonyl (C=O) groups excluding carboxylic acids is 3. The Kier molecular flexibility index (Phi) is 5.15. The van der Waals surface area contributed by atoms with Gasteiger partial charge in [-0.3, -0.25) is 24.3 Å². The van der Waals surface area contributed by atoms with Crippen LogP contribution in [0.1, 0.15) is 44.4 Å². The Morgan fingerprint density at radius 1 is 0.906 bits per heavy atom. The van der Waals surface area contributed by atoms with Crippen molar-refractivity contribution in [1.82, 2.24) is 15.2 Å². The first-order chi connectivity index (χ1) is 15.6. The molecule has 0 aliphatic carbocycles. The number of hydrogen-bond acceptors (Lipinski definition) is 4. The SMILES string of the molecule is O=C(CCN1C(=O)c2ccccc2N2C(=O)c3ccccc3[C@H]12)NCCc1ccncc1. The van der Waals surface area contributed by atoms with E-state index in [1.807, 2.05) is 36.4 Å². The van der Waals surface area contributed by atoms with Gasteiger partial charge in [0.05, 0.1) is 11.3 Å². The summed E-state index contributed by atoms with van der Waals surface area (Å²) in [5.41, 5.74) is 3.57. The molecule has 1 aromatic heterocycles.